The van der Waals surface area contributed by atoms with Crippen LogP contribution in [-0.2, 0) is 15.7 Å². The van der Waals surface area contributed by atoms with Crippen LogP contribution in [0.5, 0.6) is 5.75 Å². The number of carbonyl (C=O) groups excluding carboxylic acids is 2. The number of esters is 1. The van der Waals surface area contributed by atoms with E-state index in [0.717, 1.165) is 24.6 Å². The Bertz CT molecular complexity index is 1330. The zero-order valence-electron chi connectivity index (χ0n) is 20.0. The molecule has 1 amide bonds. The number of benzene rings is 2. The Kier molecular flexibility index (Phi) is 6.49. The maximum absolute atomic E-state index is 13.6. The van der Waals surface area contributed by atoms with Crippen LogP contribution < -0.4 is 4.74 Å². The molecule has 2 aromatic carbocycles. The van der Waals surface area contributed by atoms with Crippen LogP contribution in [0.15, 0.2) is 77.2 Å². The summed E-state index contributed by atoms with van der Waals surface area (Å²) in [5.74, 6) is -0.515. The van der Waals surface area contributed by atoms with Gasteiger partial charge >= 0.3 is 12.1 Å². The Morgan fingerprint density at radius 1 is 1.16 bits per heavy atom. The summed E-state index contributed by atoms with van der Waals surface area (Å²) < 4.78 is 51.3. The molecule has 2 aromatic rings. The van der Waals surface area contributed by atoms with Crippen molar-refractivity contribution in [2.24, 2.45) is 4.99 Å². The molecule has 1 aliphatic carbocycles. The number of aliphatic imine (C=N–C) groups is 1. The highest BCUT2D eigenvalue weighted by atomic mass is 19.4. The summed E-state index contributed by atoms with van der Waals surface area (Å²) in [7, 11) is 1.54. The van der Waals surface area contributed by atoms with Crippen LogP contribution in [0.2, 0.25) is 0 Å². The van der Waals surface area contributed by atoms with Crippen molar-refractivity contribution in [3.63, 3.8) is 0 Å². The second kappa shape index (κ2) is 9.76. The Morgan fingerprint density at radius 3 is 2.76 bits per heavy atom. The first kappa shape index (κ1) is 24.6. The molecule has 192 valence electrons. The van der Waals surface area contributed by atoms with E-state index >= 15 is 0 Å². The number of rotatable bonds is 4. The molecule has 5 rings (SSSR count). The van der Waals surface area contributed by atoms with Gasteiger partial charge in [0.05, 0.1) is 24.3 Å². The van der Waals surface area contributed by atoms with Crippen molar-refractivity contribution in [1.82, 2.24) is 9.80 Å². The van der Waals surface area contributed by atoms with Crippen molar-refractivity contribution in [2.45, 2.75) is 31.5 Å². The number of cyclic esters (lactones) is 1. The van der Waals surface area contributed by atoms with Gasteiger partial charge in [-0.25, -0.2) is 9.79 Å². The molecule has 0 saturated carbocycles. The molecule has 1 atom stereocenters. The number of ether oxygens (including phenoxy) is 2. The van der Waals surface area contributed by atoms with Crippen molar-refractivity contribution in [3.05, 3.63) is 88.9 Å². The normalized spacial score (nSPS) is 20.8. The monoisotopic (exact) mass is 511 g/mol. The fourth-order valence-electron chi connectivity index (χ4n) is 4.85. The predicted molar refractivity (Wildman–Crippen MR) is 129 cm³/mol. The summed E-state index contributed by atoms with van der Waals surface area (Å²) in [6, 6.07) is 11.4. The number of fused-ring (bicyclic) bond motifs is 1. The van der Waals surface area contributed by atoms with E-state index in [1.54, 1.807) is 30.5 Å². The van der Waals surface area contributed by atoms with Gasteiger partial charge in [0.15, 0.2) is 5.70 Å². The molecular weight excluding hydrogens is 487 g/mol. The zero-order chi connectivity index (χ0) is 26.2. The molecule has 1 saturated heterocycles. The van der Waals surface area contributed by atoms with Crippen LogP contribution in [0.4, 0.5) is 13.2 Å². The molecule has 0 N–H and O–H groups in total. The van der Waals surface area contributed by atoms with Gasteiger partial charge in [0.2, 0.25) is 5.90 Å². The number of carbonyl (C=O) groups is 2. The lowest BCUT2D eigenvalue weighted by Crippen LogP contribution is -2.53. The van der Waals surface area contributed by atoms with E-state index < -0.39 is 29.7 Å². The molecule has 0 bridgehead atoms. The third kappa shape index (κ3) is 4.83. The van der Waals surface area contributed by atoms with Crippen LogP contribution in [0.25, 0.3) is 0 Å². The largest absolute Gasteiger partial charge is 0.497 e. The minimum absolute atomic E-state index is 0.102. The van der Waals surface area contributed by atoms with Gasteiger partial charge in [-0.1, -0.05) is 24.3 Å². The summed E-state index contributed by atoms with van der Waals surface area (Å²) >= 11 is 0. The number of methoxy groups -OCH3 is 1. The van der Waals surface area contributed by atoms with Crippen molar-refractivity contribution < 1.29 is 32.2 Å². The number of amides is 1. The summed E-state index contributed by atoms with van der Waals surface area (Å²) in [5.41, 5.74) is 0.146. The number of halogens is 3. The highest BCUT2D eigenvalue weighted by Gasteiger charge is 2.40. The lowest BCUT2D eigenvalue weighted by molar-refractivity contribution is -0.138. The molecule has 0 spiro atoms. The molecule has 0 aromatic heterocycles. The van der Waals surface area contributed by atoms with Crippen LogP contribution in [0.3, 0.4) is 0 Å². The maximum Gasteiger partial charge on any atom is 0.417 e. The first-order chi connectivity index (χ1) is 17.8. The number of allylic oxidation sites excluding steroid dienone is 1. The van der Waals surface area contributed by atoms with Gasteiger partial charge in [-0.2, -0.15) is 13.2 Å². The number of hydrogen-bond donors (Lipinski definition) is 0. The predicted octanol–water partition coefficient (Wildman–Crippen LogP) is 4.75. The van der Waals surface area contributed by atoms with Crippen molar-refractivity contribution >= 4 is 17.8 Å². The molecule has 1 unspecified atom stereocenters. The highest BCUT2D eigenvalue weighted by Crippen LogP contribution is 2.36. The Balaban J connectivity index is 1.41. The summed E-state index contributed by atoms with van der Waals surface area (Å²) in [4.78, 5) is 33.6. The highest BCUT2D eigenvalue weighted by molar-refractivity contribution is 6.11. The topological polar surface area (TPSA) is 71.4 Å². The smallest absolute Gasteiger partial charge is 0.417 e. The summed E-state index contributed by atoms with van der Waals surface area (Å²) in [6.07, 6.45) is 1.08. The Labute approximate surface area is 211 Å². The molecule has 1 fully saturated rings. The molecule has 10 heteroatoms. The average molecular weight is 512 g/mol. The van der Waals surface area contributed by atoms with E-state index in [2.05, 4.69) is 4.99 Å². The first-order valence-electron chi connectivity index (χ1n) is 11.9. The molecule has 0 radical (unpaired) electrons. The third-order valence-corrected chi connectivity index (χ3v) is 6.61. The van der Waals surface area contributed by atoms with Gasteiger partial charge in [0.1, 0.15) is 5.75 Å². The van der Waals surface area contributed by atoms with Gasteiger partial charge in [-0.05, 0) is 49.6 Å². The van der Waals surface area contributed by atoms with E-state index in [-0.39, 0.29) is 23.7 Å². The number of hydrogen-bond acceptors (Lipinski definition) is 6. The molecule has 2 heterocycles. The molecule has 3 aliphatic rings. The van der Waals surface area contributed by atoms with Gasteiger partial charge in [-0.15, -0.1) is 0 Å². The molecule has 37 heavy (non-hydrogen) atoms. The van der Waals surface area contributed by atoms with Crippen LogP contribution in [0, 0.1) is 0 Å². The summed E-state index contributed by atoms with van der Waals surface area (Å²) in [6.45, 7) is 0.487. The minimum Gasteiger partial charge on any atom is -0.497 e. The number of alkyl halides is 3. The van der Waals surface area contributed by atoms with Crippen LogP contribution >= 0.6 is 0 Å². The molecular formula is C27H24F3N3O4. The maximum atomic E-state index is 13.6. The van der Waals surface area contributed by atoms with Crippen molar-refractivity contribution in [2.75, 3.05) is 20.2 Å². The Hall–Kier alpha value is -4.08. The minimum atomic E-state index is -4.63. The van der Waals surface area contributed by atoms with Crippen molar-refractivity contribution in [3.8, 4) is 5.75 Å². The number of piperazine rings is 1. The van der Waals surface area contributed by atoms with E-state index in [0.29, 0.717) is 24.3 Å². The van der Waals surface area contributed by atoms with E-state index in [1.165, 1.54) is 30.2 Å². The lowest BCUT2D eigenvalue weighted by atomic mass is 9.93. The van der Waals surface area contributed by atoms with Gasteiger partial charge < -0.3 is 19.3 Å². The standard InChI is InChI=1S/C27H24F3N3O4/c1-36-18-8-6-7-17(15-18)24-31-21(26(35)37-24)16-32-13-14-33(23-12-5-4-11-22(23)32)25(34)19-9-2-3-10-20(19)27(28,29)30/h2-3,6-11,15-16,23H,4-5,12-14H2,1H3. The zero-order valence-corrected chi connectivity index (χ0v) is 20.0. The average Bonchev–Trinajstić information content (AvgIpc) is 3.28. The third-order valence-electron chi connectivity index (χ3n) is 6.61. The fraction of sp³-hybridized carbons (Fsp3) is 0.296. The second-order valence-corrected chi connectivity index (χ2v) is 8.86. The fourth-order valence-corrected chi connectivity index (χ4v) is 4.85. The number of nitrogens with zero attached hydrogens (tertiary/aromatic N) is 3. The van der Waals surface area contributed by atoms with Gasteiger partial charge in [0.25, 0.3) is 5.91 Å². The molecule has 2 aliphatic heterocycles. The quantitative estimate of drug-likeness (QED) is 0.438. The second-order valence-electron chi connectivity index (χ2n) is 8.86. The van der Waals surface area contributed by atoms with Gasteiger partial charge in [0, 0.05) is 30.5 Å². The van der Waals surface area contributed by atoms with E-state index in [9.17, 15) is 22.8 Å². The van der Waals surface area contributed by atoms with Crippen molar-refractivity contribution in [1.29, 1.82) is 0 Å². The van der Waals surface area contributed by atoms with E-state index in [4.69, 9.17) is 9.47 Å². The molecule has 7 nitrogen and oxygen atoms in total. The van der Waals surface area contributed by atoms with Gasteiger partial charge in [-0.3, -0.25) is 4.79 Å². The van der Waals surface area contributed by atoms with E-state index in [1.807, 2.05) is 11.0 Å². The summed E-state index contributed by atoms with van der Waals surface area (Å²) in [5, 5.41) is 0. The Morgan fingerprint density at radius 2 is 1.97 bits per heavy atom. The van der Waals surface area contributed by atoms with Crippen LogP contribution in [0.1, 0.15) is 40.7 Å². The lowest BCUT2D eigenvalue weighted by Gasteiger charge is -2.45. The van der Waals surface area contributed by atoms with Crippen LogP contribution in [-0.4, -0.2) is 53.8 Å². The SMILES string of the molecule is COc1cccc(C2=NC(=CN3CCN(C(=O)c4ccccc4C(F)(F)F)C4CCCC=C43)C(=O)O2)c1. The first-order valence-corrected chi connectivity index (χ1v) is 11.9.